The number of likely N-dealkylation sites (tertiary alicyclic amines) is 1. The molecule has 3 nitrogen and oxygen atoms in total. The number of rotatable bonds is 4. The van der Waals surface area contributed by atoms with E-state index in [0.29, 0.717) is 5.92 Å². The van der Waals surface area contributed by atoms with E-state index in [1.54, 1.807) is 0 Å². The molecule has 1 aromatic carbocycles. The fourth-order valence-electron chi connectivity index (χ4n) is 3.82. The number of nitrogens with zero attached hydrogens (tertiary/aromatic N) is 2. The Labute approximate surface area is 125 Å². The van der Waals surface area contributed by atoms with Gasteiger partial charge in [-0.15, -0.1) is 0 Å². The van der Waals surface area contributed by atoms with Gasteiger partial charge in [0.05, 0.1) is 11.6 Å². The second-order valence-corrected chi connectivity index (χ2v) is 6.56. The van der Waals surface area contributed by atoms with Crippen molar-refractivity contribution >= 4 is 10.9 Å². The monoisotopic (exact) mass is 279 g/mol. The van der Waals surface area contributed by atoms with Gasteiger partial charge < -0.3 is 9.88 Å². The SMILES string of the molecule is N#Cc1ccc2[nH]cc(C3CC3CCN3CCCC3)c2c1. The van der Waals surface area contributed by atoms with Gasteiger partial charge in [0.15, 0.2) is 0 Å². The van der Waals surface area contributed by atoms with Crippen LogP contribution in [0.15, 0.2) is 24.4 Å². The van der Waals surface area contributed by atoms with Crippen LogP contribution in [0, 0.1) is 17.2 Å². The van der Waals surface area contributed by atoms with E-state index < -0.39 is 0 Å². The zero-order valence-corrected chi connectivity index (χ0v) is 12.3. The molecule has 108 valence electrons. The maximum atomic E-state index is 9.07. The van der Waals surface area contributed by atoms with Crippen LogP contribution in [0.3, 0.4) is 0 Å². The zero-order valence-electron chi connectivity index (χ0n) is 12.3. The van der Waals surface area contributed by atoms with Crippen molar-refractivity contribution in [2.45, 2.75) is 31.6 Å². The number of nitrogens with one attached hydrogen (secondary N) is 1. The van der Waals surface area contributed by atoms with Gasteiger partial charge in [-0.05, 0) is 80.9 Å². The van der Waals surface area contributed by atoms with E-state index in [-0.39, 0.29) is 0 Å². The van der Waals surface area contributed by atoms with E-state index in [0.717, 1.165) is 17.0 Å². The Kier molecular flexibility index (Phi) is 3.20. The second kappa shape index (κ2) is 5.20. The van der Waals surface area contributed by atoms with Crippen molar-refractivity contribution in [2.24, 2.45) is 5.92 Å². The average Bonchev–Trinajstić information content (AvgIpc) is 2.93. The van der Waals surface area contributed by atoms with Crippen molar-refractivity contribution in [2.75, 3.05) is 19.6 Å². The van der Waals surface area contributed by atoms with E-state index in [2.05, 4.69) is 22.1 Å². The van der Waals surface area contributed by atoms with Crippen molar-refractivity contribution in [1.82, 2.24) is 9.88 Å². The van der Waals surface area contributed by atoms with Crippen LogP contribution in [0.4, 0.5) is 0 Å². The van der Waals surface area contributed by atoms with Crippen molar-refractivity contribution in [3.63, 3.8) is 0 Å². The highest BCUT2D eigenvalue weighted by Crippen LogP contribution is 2.51. The van der Waals surface area contributed by atoms with E-state index in [9.17, 15) is 0 Å². The molecule has 21 heavy (non-hydrogen) atoms. The summed E-state index contributed by atoms with van der Waals surface area (Å²) < 4.78 is 0. The summed E-state index contributed by atoms with van der Waals surface area (Å²) in [5.41, 5.74) is 3.35. The Hall–Kier alpha value is -1.79. The highest BCUT2D eigenvalue weighted by molar-refractivity contribution is 5.85. The predicted molar refractivity (Wildman–Crippen MR) is 84.2 cm³/mol. The Balaban J connectivity index is 1.46. The molecule has 1 N–H and O–H groups in total. The summed E-state index contributed by atoms with van der Waals surface area (Å²) in [4.78, 5) is 5.97. The number of hydrogen-bond donors (Lipinski definition) is 1. The van der Waals surface area contributed by atoms with Crippen molar-refractivity contribution in [3.05, 3.63) is 35.5 Å². The van der Waals surface area contributed by atoms with E-state index in [4.69, 9.17) is 5.26 Å². The highest BCUT2D eigenvalue weighted by atomic mass is 15.1. The van der Waals surface area contributed by atoms with Gasteiger partial charge in [-0.1, -0.05) is 0 Å². The lowest BCUT2D eigenvalue weighted by atomic mass is 10.0. The fourth-order valence-corrected chi connectivity index (χ4v) is 3.82. The summed E-state index contributed by atoms with van der Waals surface area (Å²) in [6.07, 6.45) is 7.57. The molecule has 2 atom stereocenters. The maximum absolute atomic E-state index is 9.07. The molecule has 1 saturated carbocycles. The molecule has 2 fully saturated rings. The molecule has 1 aliphatic heterocycles. The first-order valence-electron chi connectivity index (χ1n) is 8.08. The van der Waals surface area contributed by atoms with Crippen molar-refractivity contribution in [3.8, 4) is 6.07 Å². The van der Waals surface area contributed by atoms with Gasteiger partial charge in [-0.25, -0.2) is 0 Å². The third-order valence-corrected chi connectivity index (χ3v) is 5.18. The molecule has 0 amide bonds. The third kappa shape index (κ3) is 2.45. The fraction of sp³-hybridized carbons (Fsp3) is 0.500. The van der Waals surface area contributed by atoms with Gasteiger partial charge in [0.1, 0.15) is 0 Å². The van der Waals surface area contributed by atoms with Gasteiger partial charge in [0, 0.05) is 17.1 Å². The minimum absolute atomic E-state index is 0.704. The molecule has 2 unspecified atom stereocenters. The smallest absolute Gasteiger partial charge is 0.0991 e. The van der Waals surface area contributed by atoms with Gasteiger partial charge in [0.2, 0.25) is 0 Å². The molecule has 1 aliphatic carbocycles. The molecule has 4 rings (SSSR count). The Morgan fingerprint density at radius 3 is 2.95 bits per heavy atom. The lowest BCUT2D eigenvalue weighted by Gasteiger charge is -2.13. The molecule has 0 radical (unpaired) electrons. The number of hydrogen-bond acceptors (Lipinski definition) is 2. The minimum Gasteiger partial charge on any atom is -0.361 e. The molecule has 2 heterocycles. The van der Waals surface area contributed by atoms with Crippen LogP contribution in [0.1, 0.15) is 42.7 Å². The number of nitriles is 1. The van der Waals surface area contributed by atoms with Gasteiger partial charge in [-0.2, -0.15) is 5.26 Å². The lowest BCUT2D eigenvalue weighted by Crippen LogP contribution is -2.20. The molecule has 2 aromatic rings. The summed E-state index contributed by atoms with van der Waals surface area (Å²) in [7, 11) is 0. The topological polar surface area (TPSA) is 42.8 Å². The summed E-state index contributed by atoms with van der Waals surface area (Å²) in [6, 6.07) is 8.20. The summed E-state index contributed by atoms with van der Waals surface area (Å²) in [6.45, 7) is 3.87. The number of benzene rings is 1. The van der Waals surface area contributed by atoms with Crippen molar-refractivity contribution in [1.29, 1.82) is 5.26 Å². The first-order chi connectivity index (χ1) is 10.3. The summed E-state index contributed by atoms with van der Waals surface area (Å²) in [5, 5.41) is 10.3. The molecule has 3 heteroatoms. The highest BCUT2D eigenvalue weighted by Gasteiger charge is 2.39. The molecule has 2 aliphatic rings. The predicted octanol–water partition coefficient (Wildman–Crippen LogP) is 3.63. The molecule has 0 spiro atoms. The number of H-pyrrole nitrogens is 1. The average molecular weight is 279 g/mol. The number of aromatic nitrogens is 1. The van der Waals surface area contributed by atoms with Crippen LogP contribution in [0.25, 0.3) is 10.9 Å². The largest absolute Gasteiger partial charge is 0.361 e. The van der Waals surface area contributed by atoms with E-state index in [1.807, 2.05) is 18.2 Å². The van der Waals surface area contributed by atoms with E-state index in [1.165, 1.54) is 56.3 Å². The first-order valence-corrected chi connectivity index (χ1v) is 8.08. The number of aromatic amines is 1. The molecular weight excluding hydrogens is 258 g/mol. The summed E-state index contributed by atoms with van der Waals surface area (Å²) >= 11 is 0. The van der Waals surface area contributed by atoms with Gasteiger partial charge in [-0.3, -0.25) is 0 Å². The van der Waals surface area contributed by atoms with Crippen LogP contribution in [-0.2, 0) is 0 Å². The number of fused-ring (bicyclic) bond motifs is 1. The third-order valence-electron chi connectivity index (χ3n) is 5.18. The molecule has 1 aromatic heterocycles. The van der Waals surface area contributed by atoms with Gasteiger partial charge >= 0.3 is 0 Å². The normalized spacial score (nSPS) is 25.3. The standard InChI is InChI=1S/C18H21N3/c19-11-13-3-4-18-16(9-13)17(12-20-18)15-10-14(15)5-8-21-6-1-2-7-21/h3-4,9,12,14-15,20H,1-2,5-8,10H2. The van der Waals surface area contributed by atoms with Gasteiger partial charge in [0.25, 0.3) is 0 Å². The van der Waals surface area contributed by atoms with Crippen LogP contribution in [0.2, 0.25) is 0 Å². The lowest BCUT2D eigenvalue weighted by molar-refractivity contribution is 0.325. The van der Waals surface area contributed by atoms with Crippen LogP contribution >= 0.6 is 0 Å². The van der Waals surface area contributed by atoms with Crippen LogP contribution in [-0.4, -0.2) is 29.5 Å². The molecule has 1 saturated heterocycles. The molecule has 0 bridgehead atoms. The Bertz CT molecular complexity index is 688. The molecular formula is C18H21N3. The Morgan fingerprint density at radius 2 is 2.14 bits per heavy atom. The minimum atomic E-state index is 0.704. The second-order valence-electron chi connectivity index (χ2n) is 6.56. The first kappa shape index (κ1) is 12.9. The Morgan fingerprint density at radius 1 is 1.29 bits per heavy atom. The zero-order chi connectivity index (χ0) is 14.2. The maximum Gasteiger partial charge on any atom is 0.0991 e. The summed E-state index contributed by atoms with van der Waals surface area (Å²) in [5.74, 6) is 1.55. The van der Waals surface area contributed by atoms with E-state index >= 15 is 0 Å². The van der Waals surface area contributed by atoms with Crippen LogP contribution < -0.4 is 0 Å². The van der Waals surface area contributed by atoms with Crippen molar-refractivity contribution < 1.29 is 0 Å². The van der Waals surface area contributed by atoms with Crippen LogP contribution in [0.5, 0.6) is 0 Å². The quantitative estimate of drug-likeness (QED) is 0.928.